The van der Waals surface area contributed by atoms with Crippen molar-refractivity contribution in [2.45, 2.75) is 45.6 Å². The van der Waals surface area contributed by atoms with E-state index in [9.17, 15) is 0 Å². The van der Waals surface area contributed by atoms with Crippen LogP contribution in [0.2, 0.25) is 0 Å². The first-order chi connectivity index (χ1) is 7.79. The van der Waals surface area contributed by atoms with E-state index in [-0.39, 0.29) is 0 Å². The van der Waals surface area contributed by atoms with Crippen molar-refractivity contribution in [2.75, 3.05) is 39.3 Å². The van der Waals surface area contributed by atoms with Gasteiger partial charge in [-0.15, -0.1) is 0 Å². The molecule has 0 amide bonds. The fraction of sp³-hybridized carbons (Fsp3) is 1.00. The Bertz CT molecular complexity index is 156. The highest BCUT2D eigenvalue weighted by Crippen LogP contribution is 2.06. The van der Waals surface area contributed by atoms with Crippen LogP contribution < -0.4 is 5.32 Å². The summed E-state index contributed by atoms with van der Waals surface area (Å²) < 4.78 is 5.48. The van der Waals surface area contributed by atoms with Gasteiger partial charge < -0.3 is 15.0 Å². The summed E-state index contributed by atoms with van der Waals surface area (Å²) >= 11 is 0. The van der Waals surface area contributed by atoms with E-state index in [4.69, 9.17) is 4.74 Å². The lowest BCUT2D eigenvalue weighted by molar-refractivity contribution is 0.0771. The van der Waals surface area contributed by atoms with Gasteiger partial charge in [0.1, 0.15) is 0 Å². The largest absolute Gasteiger partial charge is 0.379 e. The van der Waals surface area contributed by atoms with E-state index in [1.165, 1.54) is 38.9 Å². The molecule has 1 N–H and O–H groups in total. The summed E-state index contributed by atoms with van der Waals surface area (Å²) in [7, 11) is 0. The van der Waals surface area contributed by atoms with Crippen molar-refractivity contribution in [3.05, 3.63) is 0 Å². The quantitative estimate of drug-likeness (QED) is 0.610. The van der Waals surface area contributed by atoms with Crippen LogP contribution >= 0.6 is 0 Å². The smallest absolute Gasteiger partial charge is 0.0518 e. The van der Waals surface area contributed by atoms with Crippen LogP contribution in [0.15, 0.2) is 0 Å². The van der Waals surface area contributed by atoms with Gasteiger partial charge in [0.05, 0.1) is 6.10 Å². The highest BCUT2D eigenvalue weighted by atomic mass is 16.5. The molecule has 3 heteroatoms. The summed E-state index contributed by atoms with van der Waals surface area (Å²) in [6, 6.07) is 0. The van der Waals surface area contributed by atoms with E-state index >= 15 is 0 Å². The zero-order valence-electron chi connectivity index (χ0n) is 11.0. The molecule has 0 aromatic carbocycles. The molecule has 0 radical (unpaired) electrons. The molecule has 0 aromatic rings. The van der Waals surface area contributed by atoms with Crippen molar-refractivity contribution in [2.24, 2.45) is 0 Å². The number of hydrogen-bond donors (Lipinski definition) is 1. The lowest BCUT2D eigenvalue weighted by Gasteiger charge is -2.14. The second-order valence-corrected chi connectivity index (χ2v) is 4.93. The van der Waals surface area contributed by atoms with Gasteiger partial charge in [0.25, 0.3) is 0 Å². The molecule has 0 atom stereocenters. The van der Waals surface area contributed by atoms with E-state index in [0.29, 0.717) is 6.10 Å². The number of hydrogen-bond acceptors (Lipinski definition) is 3. The Labute approximate surface area is 101 Å². The first kappa shape index (κ1) is 13.9. The van der Waals surface area contributed by atoms with Gasteiger partial charge in [-0.25, -0.2) is 0 Å². The Morgan fingerprint density at radius 1 is 1.12 bits per heavy atom. The first-order valence-corrected chi connectivity index (χ1v) is 6.83. The van der Waals surface area contributed by atoms with Gasteiger partial charge in [0, 0.05) is 6.61 Å². The lowest BCUT2D eigenvalue weighted by atomic mass is 10.3. The summed E-state index contributed by atoms with van der Waals surface area (Å²) in [4.78, 5) is 2.57. The zero-order valence-corrected chi connectivity index (χ0v) is 11.0. The van der Waals surface area contributed by atoms with Crippen LogP contribution in [0.25, 0.3) is 0 Å². The van der Waals surface area contributed by atoms with Gasteiger partial charge in [0.2, 0.25) is 0 Å². The second-order valence-electron chi connectivity index (χ2n) is 4.93. The van der Waals surface area contributed by atoms with Gasteiger partial charge in [-0.2, -0.15) is 0 Å². The average Bonchev–Trinajstić information content (AvgIpc) is 2.74. The van der Waals surface area contributed by atoms with Crippen molar-refractivity contribution in [3.8, 4) is 0 Å². The standard InChI is InChI=1S/C13H28N2O/c1-13(2)16-12-6-8-14-7-5-11-15-9-3-4-10-15/h13-14H,3-12H2,1-2H3. The predicted molar refractivity (Wildman–Crippen MR) is 68.9 cm³/mol. The van der Waals surface area contributed by atoms with Crippen LogP contribution in [0.5, 0.6) is 0 Å². The van der Waals surface area contributed by atoms with Gasteiger partial charge in [0.15, 0.2) is 0 Å². The van der Waals surface area contributed by atoms with E-state index in [2.05, 4.69) is 24.1 Å². The predicted octanol–water partition coefficient (Wildman–Crippen LogP) is 1.88. The van der Waals surface area contributed by atoms with Crippen LogP contribution in [-0.2, 0) is 4.74 Å². The minimum atomic E-state index is 0.371. The summed E-state index contributed by atoms with van der Waals surface area (Å²) in [6.07, 6.45) is 5.59. The molecule has 0 unspecified atom stereocenters. The van der Waals surface area contributed by atoms with E-state index in [0.717, 1.165) is 26.1 Å². The molecule has 0 aliphatic carbocycles. The highest BCUT2D eigenvalue weighted by Gasteiger charge is 2.09. The SMILES string of the molecule is CC(C)OCCCNCCCN1CCCC1. The molecule has 16 heavy (non-hydrogen) atoms. The molecule has 1 heterocycles. The number of likely N-dealkylation sites (tertiary alicyclic amines) is 1. The molecule has 1 fully saturated rings. The Balaban J connectivity index is 1.74. The first-order valence-electron chi connectivity index (χ1n) is 6.83. The summed E-state index contributed by atoms with van der Waals surface area (Å²) in [5.41, 5.74) is 0. The minimum Gasteiger partial charge on any atom is -0.379 e. The number of rotatable bonds is 9. The van der Waals surface area contributed by atoms with Crippen LogP contribution in [0.3, 0.4) is 0 Å². The Kier molecular flexibility index (Phi) is 7.81. The third-order valence-corrected chi connectivity index (χ3v) is 2.98. The third-order valence-electron chi connectivity index (χ3n) is 2.98. The van der Waals surface area contributed by atoms with Crippen molar-refractivity contribution >= 4 is 0 Å². The summed E-state index contributed by atoms with van der Waals surface area (Å²) in [5.74, 6) is 0. The maximum atomic E-state index is 5.48. The molecule has 1 aliphatic heterocycles. The normalized spacial score (nSPS) is 17.4. The monoisotopic (exact) mass is 228 g/mol. The fourth-order valence-corrected chi connectivity index (χ4v) is 2.08. The van der Waals surface area contributed by atoms with E-state index in [1.807, 2.05) is 0 Å². The van der Waals surface area contributed by atoms with E-state index in [1.54, 1.807) is 0 Å². The maximum absolute atomic E-state index is 5.48. The van der Waals surface area contributed by atoms with Crippen molar-refractivity contribution in [1.82, 2.24) is 10.2 Å². The molecule has 0 saturated carbocycles. The van der Waals surface area contributed by atoms with Crippen molar-refractivity contribution < 1.29 is 4.74 Å². The second kappa shape index (κ2) is 8.97. The minimum absolute atomic E-state index is 0.371. The Morgan fingerprint density at radius 3 is 2.50 bits per heavy atom. The van der Waals surface area contributed by atoms with Gasteiger partial charge >= 0.3 is 0 Å². The van der Waals surface area contributed by atoms with Gasteiger partial charge in [-0.3, -0.25) is 0 Å². The fourth-order valence-electron chi connectivity index (χ4n) is 2.08. The zero-order chi connectivity index (χ0) is 11.6. The average molecular weight is 228 g/mol. The van der Waals surface area contributed by atoms with Gasteiger partial charge in [-0.1, -0.05) is 0 Å². The highest BCUT2D eigenvalue weighted by molar-refractivity contribution is 4.66. The summed E-state index contributed by atoms with van der Waals surface area (Å²) in [6.45, 7) is 11.2. The molecule has 0 aromatic heterocycles. The summed E-state index contributed by atoms with van der Waals surface area (Å²) in [5, 5.41) is 3.48. The molecule has 1 saturated heterocycles. The molecule has 96 valence electrons. The molecule has 0 spiro atoms. The van der Waals surface area contributed by atoms with Crippen LogP contribution in [0.4, 0.5) is 0 Å². The van der Waals surface area contributed by atoms with Crippen LogP contribution in [-0.4, -0.2) is 50.3 Å². The molecule has 1 rings (SSSR count). The third kappa shape index (κ3) is 7.20. The Hall–Kier alpha value is -0.120. The van der Waals surface area contributed by atoms with Crippen LogP contribution in [0, 0.1) is 0 Å². The number of nitrogens with one attached hydrogen (secondary N) is 1. The number of nitrogens with zero attached hydrogens (tertiary/aromatic N) is 1. The molecule has 1 aliphatic rings. The lowest BCUT2D eigenvalue weighted by Crippen LogP contribution is -2.25. The van der Waals surface area contributed by atoms with E-state index < -0.39 is 0 Å². The van der Waals surface area contributed by atoms with Crippen LogP contribution in [0.1, 0.15) is 39.5 Å². The topological polar surface area (TPSA) is 24.5 Å². The molecule has 3 nitrogen and oxygen atoms in total. The Morgan fingerprint density at radius 2 is 1.81 bits per heavy atom. The maximum Gasteiger partial charge on any atom is 0.0518 e. The molecule has 0 bridgehead atoms. The van der Waals surface area contributed by atoms with Gasteiger partial charge in [-0.05, 0) is 72.3 Å². The number of ether oxygens (including phenoxy) is 1. The van der Waals surface area contributed by atoms with Crippen molar-refractivity contribution in [3.63, 3.8) is 0 Å². The molecular formula is C13H28N2O. The molecular weight excluding hydrogens is 200 g/mol. The van der Waals surface area contributed by atoms with Crippen molar-refractivity contribution in [1.29, 1.82) is 0 Å².